The van der Waals surface area contributed by atoms with Gasteiger partial charge in [-0.05, 0) is 49.7 Å². The summed E-state index contributed by atoms with van der Waals surface area (Å²) in [5, 5.41) is 19.4. The van der Waals surface area contributed by atoms with E-state index in [0.717, 1.165) is 12.5 Å². The number of carboxylic acids is 1. The predicted molar refractivity (Wildman–Crippen MR) is 110 cm³/mol. The highest BCUT2D eigenvalue weighted by Crippen LogP contribution is 2.33. The van der Waals surface area contributed by atoms with Crippen molar-refractivity contribution in [2.75, 3.05) is 11.9 Å². The number of amidine groups is 1. The molecule has 2 aromatic rings. The summed E-state index contributed by atoms with van der Waals surface area (Å²) >= 11 is 0. The number of aliphatic carboxylic acids is 1. The molecule has 0 aliphatic carbocycles. The number of carboxylic acid groups (broad SMARTS) is 1. The molecule has 0 saturated heterocycles. The van der Waals surface area contributed by atoms with Crippen molar-refractivity contribution < 1.29 is 29.0 Å². The fourth-order valence-electron chi connectivity index (χ4n) is 2.91. The Hall–Kier alpha value is -3.88. The van der Waals surface area contributed by atoms with Crippen LogP contribution in [0.2, 0.25) is 0 Å². The Bertz CT molecular complexity index is 985. The number of carbonyl (C=O) groups excluding carboxylic acids is 2. The summed E-state index contributed by atoms with van der Waals surface area (Å²) in [6.45, 7) is 4.05. The monoisotopic (exact) mass is 413 g/mol. The van der Waals surface area contributed by atoms with Crippen LogP contribution in [0.3, 0.4) is 0 Å². The van der Waals surface area contributed by atoms with Crippen LogP contribution in [0, 0.1) is 19.3 Å². The van der Waals surface area contributed by atoms with E-state index in [-0.39, 0.29) is 11.6 Å². The maximum atomic E-state index is 12.7. The molecular weight excluding hydrogens is 390 g/mol. The zero-order chi connectivity index (χ0) is 22.4. The maximum Gasteiger partial charge on any atom is 0.341 e. The van der Waals surface area contributed by atoms with Crippen molar-refractivity contribution in [3.05, 3.63) is 58.7 Å². The largest absolute Gasteiger partial charge is 0.481 e. The molecule has 2 rings (SSSR count). The predicted octanol–water partition coefficient (Wildman–Crippen LogP) is 2.29. The van der Waals surface area contributed by atoms with E-state index in [9.17, 15) is 14.4 Å². The number of nitrogens with one attached hydrogen (secondary N) is 2. The minimum atomic E-state index is -1.17. The minimum absolute atomic E-state index is 0.104. The molecule has 0 aliphatic heterocycles. The number of nitrogen functional groups attached to an aromatic ring is 1. The summed E-state index contributed by atoms with van der Waals surface area (Å²) in [5.74, 6) is -2.72. The van der Waals surface area contributed by atoms with E-state index in [1.54, 1.807) is 43.3 Å². The summed E-state index contributed by atoms with van der Waals surface area (Å²) in [7, 11) is 0. The Balaban J connectivity index is 2.51. The van der Waals surface area contributed by atoms with Gasteiger partial charge < -0.3 is 25.6 Å². The number of esters is 2. The third-order valence-electron chi connectivity index (χ3n) is 4.09. The standard InChI is InChI=1S/C21H23N3O6/c1-11-8-12(2)19(29-10-17(26)27)16(9-11)18(21(28)30-13(3)25)24-15-6-4-14(5-7-15)20(22)23/h4-9,18,24H,10H2,1-3H3,(H3,22,23)(H,26,27). The van der Waals surface area contributed by atoms with Gasteiger partial charge in [-0.3, -0.25) is 10.2 Å². The lowest BCUT2D eigenvalue weighted by Crippen LogP contribution is -2.26. The molecule has 0 heterocycles. The Morgan fingerprint density at radius 1 is 1.17 bits per heavy atom. The quantitative estimate of drug-likeness (QED) is 0.223. The topological polar surface area (TPSA) is 152 Å². The van der Waals surface area contributed by atoms with Crippen LogP contribution in [0.1, 0.15) is 35.2 Å². The Labute approximate surface area is 173 Å². The first-order valence-electron chi connectivity index (χ1n) is 8.97. The molecule has 0 radical (unpaired) electrons. The number of benzene rings is 2. The number of carbonyl (C=O) groups is 3. The SMILES string of the molecule is CC(=O)OC(=O)C(Nc1ccc(C(=N)N)cc1)c1cc(C)cc(C)c1OCC(=O)O. The van der Waals surface area contributed by atoms with Crippen molar-refractivity contribution in [2.24, 2.45) is 5.73 Å². The molecule has 2 aromatic carbocycles. The number of hydrogen-bond acceptors (Lipinski definition) is 7. The van der Waals surface area contributed by atoms with Gasteiger partial charge in [-0.1, -0.05) is 11.6 Å². The number of anilines is 1. The zero-order valence-corrected chi connectivity index (χ0v) is 16.8. The Kier molecular flexibility index (Phi) is 7.13. The van der Waals surface area contributed by atoms with Gasteiger partial charge in [0.25, 0.3) is 0 Å². The van der Waals surface area contributed by atoms with Gasteiger partial charge in [0.15, 0.2) is 12.6 Å². The summed E-state index contributed by atoms with van der Waals surface area (Å²) in [6, 6.07) is 8.72. The summed E-state index contributed by atoms with van der Waals surface area (Å²) in [5.41, 5.74) is 8.21. The van der Waals surface area contributed by atoms with E-state index in [0.29, 0.717) is 22.4 Å². The van der Waals surface area contributed by atoms with Crippen LogP contribution in [-0.2, 0) is 19.1 Å². The van der Waals surface area contributed by atoms with Crippen LogP contribution in [-0.4, -0.2) is 35.5 Å². The van der Waals surface area contributed by atoms with Gasteiger partial charge in [0.1, 0.15) is 11.6 Å². The number of nitrogens with two attached hydrogens (primary N) is 1. The molecule has 30 heavy (non-hydrogen) atoms. The van der Waals surface area contributed by atoms with Gasteiger partial charge in [0.05, 0.1) is 0 Å². The van der Waals surface area contributed by atoms with Crippen LogP contribution in [0.5, 0.6) is 5.75 Å². The fourth-order valence-corrected chi connectivity index (χ4v) is 2.91. The van der Waals surface area contributed by atoms with Crippen LogP contribution < -0.4 is 15.8 Å². The molecule has 9 heteroatoms. The lowest BCUT2D eigenvalue weighted by molar-refractivity contribution is -0.158. The first-order valence-corrected chi connectivity index (χ1v) is 8.97. The van der Waals surface area contributed by atoms with Crippen LogP contribution in [0.15, 0.2) is 36.4 Å². The lowest BCUT2D eigenvalue weighted by Gasteiger charge is -2.23. The fraction of sp³-hybridized carbons (Fsp3) is 0.238. The highest BCUT2D eigenvalue weighted by molar-refractivity contribution is 5.95. The van der Waals surface area contributed by atoms with Crippen LogP contribution in [0.25, 0.3) is 0 Å². The van der Waals surface area contributed by atoms with Gasteiger partial charge in [0, 0.05) is 23.7 Å². The van der Waals surface area contributed by atoms with E-state index >= 15 is 0 Å². The molecular formula is C21H23N3O6. The molecule has 0 saturated carbocycles. The van der Waals surface area contributed by atoms with E-state index < -0.39 is 30.6 Å². The second-order valence-corrected chi connectivity index (χ2v) is 6.66. The normalized spacial score (nSPS) is 11.3. The second kappa shape index (κ2) is 9.55. The molecule has 1 unspecified atom stereocenters. The first-order chi connectivity index (χ1) is 14.1. The molecule has 9 nitrogen and oxygen atoms in total. The van der Waals surface area contributed by atoms with Crippen molar-refractivity contribution in [3.63, 3.8) is 0 Å². The molecule has 0 aliphatic rings. The van der Waals surface area contributed by atoms with Crippen molar-refractivity contribution in [1.82, 2.24) is 0 Å². The molecule has 0 amide bonds. The van der Waals surface area contributed by atoms with Crippen molar-refractivity contribution >= 4 is 29.4 Å². The van der Waals surface area contributed by atoms with Crippen molar-refractivity contribution in [1.29, 1.82) is 5.41 Å². The first kappa shape index (κ1) is 22.4. The summed E-state index contributed by atoms with van der Waals surface area (Å²) < 4.78 is 10.2. The molecule has 1 atom stereocenters. The molecule has 158 valence electrons. The minimum Gasteiger partial charge on any atom is -0.481 e. The van der Waals surface area contributed by atoms with Gasteiger partial charge in [-0.15, -0.1) is 0 Å². The average Bonchev–Trinajstić information content (AvgIpc) is 2.64. The number of ether oxygens (including phenoxy) is 2. The molecule has 0 spiro atoms. The maximum absolute atomic E-state index is 12.7. The molecule has 5 N–H and O–H groups in total. The molecule has 0 aromatic heterocycles. The highest BCUT2D eigenvalue weighted by Gasteiger charge is 2.28. The molecule has 0 fully saturated rings. The zero-order valence-electron chi connectivity index (χ0n) is 16.8. The average molecular weight is 413 g/mol. The number of rotatable bonds is 8. The van der Waals surface area contributed by atoms with Gasteiger partial charge in [-0.2, -0.15) is 0 Å². The number of hydrogen-bond donors (Lipinski definition) is 4. The smallest absolute Gasteiger partial charge is 0.341 e. The second-order valence-electron chi connectivity index (χ2n) is 6.66. The van der Waals surface area contributed by atoms with Crippen molar-refractivity contribution in [2.45, 2.75) is 26.8 Å². The summed E-state index contributed by atoms with van der Waals surface area (Å²) in [6.07, 6.45) is 0. The van der Waals surface area contributed by atoms with E-state index in [4.69, 9.17) is 25.7 Å². The van der Waals surface area contributed by atoms with E-state index in [2.05, 4.69) is 5.32 Å². The van der Waals surface area contributed by atoms with E-state index in [1.165, 1.54) is 0 Å². The van der Waals surface area contributed by atoms with E-state index in [1.807, 2.05) is 6.92 Å². The summed E-state index contributed by atoms with van der Waals surface area (Å²) in [4.78, 5) is 35.1. The van der Waals surface area contributed by atoms with Crippen LogP contribution in [0.4, 0.5) is 5.69 Å². The highest BCUT2D eigenvalue weighted by atomic mass is 16.6. The van der Waals surface area contributed by atoms with Gasteiger partial charge >= 0.3 is 17.9 Å². The number of aryl methyl sites for hydroxylation is 2. The lowest BCUT2D eigenvalue weighted by atomic mass is 9.99. The third-order valence-corrected chi connectivity index (χ3v) is 4.09. The van der Waals surface area contributed by atoms with Crippen molar-refractivity contribution in [3.8, 4) is 5.75 Å². The molecule has 0 bridgehead atoms. The van der Waals surface area contributed by atoms with Gasteiger partial charge in [-0.25, -0.2) is 9.59 Å². The Morgan fingerprint density at radius 2 is 1.80 bits per heavy atom. The Morgan fingerprint density at radius 3 is 2.33 bits per heavy atom. The third kappa shape index (κ3) is 5.81. The van der Waals surface area contributed by atoms with Gasteiger partial charge in [0.2, 0.25) is 0 Å². The van der Waals surface area contributed by atoms with Crippen LogP contribution >= 0.6 is 0 Å².